The normalized spacial score (nSPS) is 21.7. The van der Waals surface area contributed by atoms with Crippen molar-refractivity contribution in [3.05, 3.63) is 0 Å². The minimum atomic E-state index is -0.503. The number of primary amides is 1. The summed E-state index contributed by atoms with van der Waals surface area (Å²) < 4.78 is 5.24. The predicted octanol–water partition coefficient (Wildman–Crippen LogP) is 1.12. The zero-order chi connectivity index (χ0) is 12.3. The molecule has 0 aromatic carbocycles. The van der Waals surface area contributed by atoms with E-state index >= 15 is 0 Å². The van der Waals surface area contributed by atoms with E-state index < -0.39 is 5.60 Å². The minimum absolute atomic E-state index is 0.235. The lowest BCUT2D eigenvalue weighted by molar-refractivity contribution is -0.123. The number of nitrogens with zero attached hydrogens (tertiary/aromatic N) is 1. The van der Waals surface area contributed by atoms with Gasteiger partial charge in [-0.2, -0.15) is 0 Å². The zero-order valence-corrected chi connectivity index (χ0v) is 10.2. The number of nitrogens with two attached hydrogens (primary N) is 1. The highest BCUT2D eigenvalue weighted by Crippen LogP contribution is 2.18. The van der Waals surface area contributed by atoms with Crippen LogP contribution in [-0.2, 0) is 9.53 Å². The van der Waals surface area contributed by atoms with Crippen LogP contribution < -0.4 is 5.73 Å². The number of rotatable bonds is 1. The van der Waals surface area contributed by atoms with Crippen LogP contribution in [0.3, 0.4) is 0 Å². The number of amides is 2. The molecule has 1 rings (SSSR count). The summed E-state index contributed by atoms with van der Waals surface area (Å²) in [4.78, 5) is 24.3. The Kier molecular flexibility index (Phi) is 3.78. The van der Waals surface area contributed by atoms with Crippen molar-refractivity contribution >= 4 is 12.0 Å². The molecule has 2 amide bonds. The van der Waals surface area contributed by atoms with E-state index in [0.29, 0.717) is 13.1 Å². The Morgan fingerprint density at radius 1 is 1.38 bits per heavy atom. The van der Waals surface area contributed by atoms with Gasteiger partial charge in [0.05, 0.1) is 5.92 Å². The summed E-state index contributed by atoms with van der Waals surface area (Å²) in [6, 6.07) is 0. The van der Waals surface area contributed by atoms with E-state index in [9.17, 15) is 9.59 Å². The number of carbonyl (C=O) groups is 2. The molecule has 5 nitrogen and oxygen atoms in total. The maximum atomic E-state index is 11.7. The van der Waals surface area contributed by atoms with Crippen molar-refractivity contribution in [3.8, 4) is 0 Å². The zero-order valence-electron chi connectivity index (χ0n) is 10.2. The molecule has 5 heteroatoms. The van der Waals surface area contributed by atoms with Gasteiger partial charge in [0.15, 0.2) is 0 Å². The van der Waals surface area contributed by atoms with E-state index in [1.165, 1.54) is 0 Å². The second-order valence-electron chi connectivity index (χ2n) is 5.17. The molecule has 0 unspecified atom stereocenters. The van der Waals surface area contributed by atoms with Crippen LogP contribution >= 0.6 is 0 Å². The summed E-state index contributed by atoms with van der Waals surface area (Å²) in [5.74, 6) is -0.575. The van der Waals surface area contributed by atoms with E-state index in [1.54, 1.807) is 4.90 Å². The molecule has 92 valence electrons. The molecule has 0 bridgehead atoms. The lowest BCUT2D eigenvalue weighted by Gasteiger charge is -2.32. The Morgan fingerprint density at radius 2 is 2.00 bits per heavy atom. The van der Waals surface area contributed by atoms with E-state index in [1.807, 2.05) is 20.8 Å². The average molecular weight is 228 g/mol. The van der Waals surface area contributed by atoms with Gasteiger partial charge in [0.1, 0.15) is 5.60 Å². The second kappa shape index (κ2) is 4.72. The molecule has 1 fully saturated rings. The van der Waals surface area contributed by atoms with Crippen molar-refractivity contribution in [2.24, 2.45) is 11.7 Å². The number of piperidine rings is 1. The van der Waals surface area contributed by atoms with Gasteiger partial charge in [-0.3, -0.25) is 4.79 Å². The molecule has 2 N–H and O–H groups in total. The van der Waals surface area contributed by atoms with Crippen molar-refractivity contribution in [2.45, 2.75) is 39.2 Å². The van der Waals surface area contributed by atoms with Gasteiger partial charge in [0.2, 0.25) is 5.91 Å². The third-order valence-electron chi connectivity index (χ3n) is 2.48. The molecule has 16 heavy (non-hydrogen) atoms. The Hall–Kier alpha value is -1.26. The fourth-order valence-electron chi connectivity index (χ4n) is 1.70. The van der Waals surface area contributed by atoms with Crippen molar-refractivity contribution in [1.29, 1.82) is 0 Å². The molecule has 0 radical (unpaired) electrons. The highest BCUT2D eigenvalue weighted by molar-refractivity contribution is 5.78. The Labute approximate surface area is 95.9 Å². The van der Waals surface area contributed by atoms with Crippen LogP contribution in [-0.4, -0.2) is 35.6 Å². The van der Waals surface area contributed by atoms with E-state index in [-0.39, 0.29) is 17.9 Å². The summed E-state index contributed by atoms with van der Waals surface area (Å²) >= 11 is 0. The molecule has 1 heterocycles. The van der Waals surface area contributed by atoms with Crippen LogP contribution in [0.2, 0.25) is 0 Å². The Balaban J connectivity index is 2.54. The molecule has 1 saturated heterocycles. The number of ether oxygens (including phenoxy) is 1. The van der Waals surface area contributed by atoms with Gasteiger partial charge in [-0.05, 0) is 33.6 Å². The fourth-order valence-corrected chi connectivity index (χ4v) is 1.70. The van der Waals surface area contributed by atoms with E-state index in [2.05, 4.69) is 0 Å². The number of carbonyl (C=O) groups excluding carboxylic acids is 2. The van der Waals surface area contributed by atoms with Crippen LogP contribution in [0.5, 0.6) is 0 Å². The van der Waals surface area contributed by atoms with Gasteiger partial charge in [-0.25, -0.2) is 4.79 Å². The smallest absolute Gasteiger partial charge is 0.410 e. The first kappa shape index (κ1) is 12.8. The number of hydrogen-bond donors (Lipinski definition) is 1. The van der Waals surface area contributed by atoms with Crippen molar-refractivity contribution in [1.82, 2.24) is 4.90 Å². The molecular formula is C11H20N2O3. The molecule has 1 aliphatic rings. The third-order valence-corrected chi connectivity index (χ3v) is 2.48. The first-order chi connectivity index (χ1) is 7.29. The van der Waals surface area contributed by atoms with Crippen LogP contribution in [0.4, 0.5) is 4.79 Å². The van der Waals surface area contributed by atoms with Crippen LogP contribution in [0, 0.1) is 5.92 Å². The molecule has 0 aromatic rings. The molecule has 1 aliphatic heterocycles. The van der Waals surface area contributed by atoms with Crippen LogP contribution in [0.1, 0.15) is 33.6 Å². The lowest BCUT2D eigenvalue weighted by atomic mass is 9.98. The second-order valence-corrected chi connectivity index (χ2v) is 5.17. The van der Waals surface area contributed by atoms with Gasteiger partial charge >= 0.3 is 6.09 Å². The average Bonchev–Trinajstić information content (AvgIpc) is 2.15. The summed E-state index contributed by atoms with van der Waals surface area (Å²) in [5.41, 5.74) is 4.74. The van der Waals surface area contributed by atoms with Crippen molar-refractivity contribution in [3.63, 3.8) is 0 Å². The van der Waals surface area contributed by atoms with Gasteiger partial charge in [0, 0.05) is 13.1 Å². The van der Waals surface area contributed by atoms with Gasteiger partial charge in [-0.1, -0.05) is 0 Å². The van der Waals surface area contributed by atoms with Gasteiger partial charge in [0.25, 0.3) is 0 Å². The standard InChI is InChI=1S/C11H20N2O3/c1-11(2,3)16-10(15)13-6-4-5-8(7-13)9(12)14/h8H,4-7H2,1-3H3,(H2,12,14)/t8-/m1/s1. The molecule has 0 saturated carbocycles. The molecule has 1 atom stereocenters. The molecular weight excluding hydrogens is 208 g/mol. The van der Waals surface area contributed by atoms with Gasteiger partial charge < -0.3 is 15.4 Å². The maximum absolute atomic E-state index is 11.7. The van der Waals surface area contributed by atoms with E-state index in [4.69, 9.17) is 10.5 Å². The summed E-state index contributed by atoms with van der Waals surface area (Å²) in [6.07, 6.45) is 1.19. The quantitative estimate of drug-likeness (QED) is 0.731. The summed E-state index contributed by atoms with van der Waals surface area (Å²) in [7, 11) is 0. The van der Waals surface area contributed by atoms with Crippen LogP contribution in [0.25, 0.3) is 0 Å². The highest BCUT2D eigenvalue weighted by atomic mass is 16.6. The highest BCUT2D eigenvalue weighted by Gasteiger charge is 2.29. The van der Waals surface area contributed by atoms with Crippen molar-refractivity contribution < 1.29 is 14.3 Å². The predicted molar refractivity (Wildman–Crippen MR) is 59.7 cm³/mol. The number of hydrogen-bond acceptors (Lipinski definition) is 3. The number of likely N-dealkylation sites (tertiary alicyclic amines) is 1. The largest absolute Gasteiger partial charge is 0.444 e. The SMILES string of the molecule is CC(C)(C)OC(=O)N1CCC[C@@H](C(N)=O)C1. The third kappa shape index (κ3) is 3.72. The monoisotopic (exact) mass is 228 g/mol. The van der Waals surface area contributed by atoms with Crippen LogP contribution in [0.15, 0.2) is 0 Å². The first-order valence-electron chi connectivity index (χ1n) is 5.57. The lowest BCUT2D eigenvalue weighted by Crippen LogP contribution is -2.45. The Morgan fingerprint density at radius 3 is 2.50 bits per heavy atom. The topological polar surface area (TPSA) is 72.6 Å². The Bertz CT molecular complexity index is 283. The van der Waals surface area contributed by atoms with E-state index in [0.717, 1.165) is 12.8 Å². The molecule has 0 spiro atoms. The van der Waals surface area contributed by atoms with Gasteiger partial charge in [-0.15, -0.1) is 0 Å². The molecule has 0 aliphatic carbocycles. The minimum Gasteiger partial charge on any atom is -0.444 e. The fraction of sp³-hybridized carbons (Fsp3) is 0.818. The van der Waals surface area contributed by atoms with Crippen molar-refractivity contribution in [2.75, 3.05) is 13.1 Å². The first-order valence-corrected chi connectivity index (χ1v) is 5.57. The summed E-state index contributed by atoms with van der Waals surface area (Å²) in [5, 5.41) is 0. The maximum Gasteiger partial charge on any atom is 0.410 e. The summed E-state index contributed by atoms with van der Waals surface area (Å²) in [6.45, 7) is 6.48. The molecule has 0 aromatic heterocycles.